The molecule has 5 nitrogen and oxygen atoms in total. The summed E-state index contributed by atoms with van der Waals surface area (Å²) in [6.45, 7) is 0.637. The molecule has 0 spiro atoms. The third-order valence-corrected chi connectivity index (χ3v) is 3.21. The first-order valence-corrected chi connectivity index (χ1v) is 6.89. The minimum atomic E-state index is -0.568. The van der Waals surface area contributed by atoms with Gasteiger partial charge in [-0.15, -0.1) is 0 Å². The Kier molecular flexibility index (Phi) is 4.05. The second-order valence-electron chi connectivity index (χ2n) is 4.72. The normalized spacial score (nSPS) is 12.5. The lowest BCUT2D eigenvalue weighted by atomic mass is 10.1. The predicted molar refractivity (Wildman–Crippen MR) is 78.5 cm³/mol. The molecular weight excluding hydrogens is 284 g/mol. The highest BCUT2D eigenvalue weighted by atomic mass is 16.6. The van der Waals surface area contributed by atoms with E-state index in [1.54, 1.807) is 42.5 Å². The first kappa shape index (κ1) is 14.1. The quantitative estimate of drug-likeness (QED) is 0.641. The van der Waals surface area contributed by atoms with Crippen molar-refractivity contribution in [1.82, 2.24) is 0 Å². The predicted octanol–water partition coefficient (Wildman–Crippen LogP) is 2.50. The van der Waals surface area contributed by atoms with Crippen LogP contribution in [0.1, 0.15) is 20.7 Å². The van der Waals surface area contributed by atoms with E-state index in [4.69, 9.17) is 14.2 Å². The van der Waals surface area contributed by atoms with Gasteiger partial charge in [0, 0.05) is 5.56 Å². The molecule has 0 aliphatic carbocycles. The van der Waals surface area contributed by atoms with Crippen molar-refractivity contribution in [2.24, 2.45) is 0 Å². The van der Waals surface area contributed by atoms with Crippen LogP contribution in [0.5, 0.6) is 11.5 Å². The van der Waals surface area contributed by atoms with Crippen LogP contribution in [-0.4, -0.2) is 31.6 Å². The second-order valence-corrected chi connectivity index (χ2v) is 4.72. The molecule has 0 aromatic heterocycles. The fraction of sp³-hybridized carbons (Fsp3) is 0.176. The number of esters is 1. The van der Waals surface area contributed by atoms with Gasteiger partial charge in [-0.2, -0.15) is 0 Å². The fourth-order valence-electron chi connectivity index (χ4n) is 2.09. The third-order valence-electron chi connectivity index (χ3n) is 3.21. The monoisotopic (exact) mass is 298 g/mol. The number of benzene rings is 2. The van der Waals surface area contributed by atoms with Crippen LogP contribution in [0.2, 0.25) is 0 Å². The molecule has 0 unspecified atom stereocenters. The lowest BCUT2D eigenvalue weighted by molar-refractivity contribution is 0.0474. The Hall–Kier alpha value is -2.82. The highest BCUT2D eigenvalue weighted by Gasteiger charge is 2.16. The highest BCUT2D eigenvalue weighted by Crippen LogP contribution is 2.30. The van der Waals surface area contributed by atoms with Crippen molar-refractivity contribution in [2.75, 3.05) is 19.8 Å². The maximum absolute atomic E-state index is 12.0. The molecule has 2 aromatic carbocycles. The smallest absolute Gasteiger partial charge is 0.338 e. The SMILES string of the molecule is O=C(COC(=O)c1ccc2c(c1)OCCO2)c1ccccc1. The van der Waals surface area contributed by atoms with Crippen LogP contribution in [0, 0.1) is 0 Å². The molecular formula is C17H14O5. The number of ketones is 1. The number of carbonyl (C=O) groups is 2. The Bertz CT molecular complexity index is 693. The van der Waals surface area contributed by atoms with Gasteiger partial charge in [-0.05, 0) is 18.2 Å². The zero-order valence-corrected chi connectivity index (χ0v) is 11.8. The van der Waals surface area contributed by atoms with E-state index in [1.165, 1.54) is 0 Å². The van der Waals surface area contributed by atoms with E-state index in [0.29, 0.717) is 35.8 Å². The zero-order valence-electron chi connectivity index (χ0n) is 11.8. The van der Waals surface area contributed by atoms with Crippen LogP contribution in [-0.2, 0) is 4.74 Å². The molecule has 1 aliphatic heterocycles. The number of ether oxygens (including phenoxy) is 3. The number of hydrogen-bond donors (Lipinski definition) is 0. The average molecular weight is 298 g/mol. The van der Waals surface area contributed by atoms with E-state index < -0.39 is 5.97 Å². The molecule has 1 heterocycles. The standard InChI is InChI=1S/C17H14O5/c18-14(12-4-2-1-3-5-12)11-22-17(19)13-6-7-15-16(10-13)21-9-8-20-15/h1-7,10H,8-9,11H2. The topological polar surface area (TPSA) is 61.8 Å². The van der Waals surface area contributed by atoms with Crippen molar-refractivity contribution in [2.45, 2.75) is 0 Å². The van der Waals surface area contributed by atoms with Crippen molar-refractivity contribution in [1.29, 1.82) is 0 Å². The molecule has 0 bridgehead atoms. The molecule has 22 heavy (non-hydrogen) atoms. The van der Waals surface area contributed by atoms with Crippen molar-refractivity contribution >= 4 is 11.8 Å². The molecule has 0 amide bonds. The van der Waals surface area contributed by atoms with Gasteiger partial charge < -0.3 is 14.2 Å². The van der Waals surface area contributed by atoms with E-state index in [0.717, 1.165) is 0 Å². The summed E-state index contributed by atoms with van der Waals surface area (Å²) in [5, 5.41) is 0. The minimum absolute atomic E-state index is 0.244. The number of fused-ring (bicyclic) bond motifs is 1. The van der Waals surface area contributed by atoms with Gasteiger partial charge in [0.25, 0.3) is 0 Å². The molecule has 5 heteroatoms. The minimum Gasteiger partial charge on any atom is -0.486 e. The van der Waals surface area contributed by atoms with Gasteiger partial charge in [0.15, 0.2) is 23.9 Å². The van der Waals surface area contributed by atoms with Crippen LogP contribution in [0.3, 0.4) is 0 Å². The Balaban J connectivity index is 1.64. The van der Waals surface area contributed by atoms with E-state index in [9.17, 15) is 9.59 Å². The van der Waals surface area contributed by atoms with Crippen LogP contribution in [0.15, 0.2) is 48.5 Å². The van der Waals surface area contributed by atoms with E-state index >= 15 is 0 Å². The first-order valence-electron chi connectivity index (χ1n) is 6.89. The summed E-state index contributed by atoms with van der Waals surface area (Å²) < 4.78 is 15.8. The molecule has 3 rings (SSSR count). The van der Waals surface area contributed by atoms with Crippen LogP contribution in [0.25, 0.3) is 0 Å². The van der Waals surface area contributed by atoms with Crippen LogP contribution >= 0.6 is 0 Å². The Labute approximate surface area is 127 Å². The molecule has 0 fully saturated rings. The summed E-state index contributed by atoms with van der Waals surface area (Å²) >= 11 is 0. The summed E-state index contributed by atoms with van der Waals surface area (Å²) in [5.41, 5.74) is 0.836. The Morgan fingerprint density at radius 2 is 1.64 bits per heavy atom. The van der Waals surface area contributed by atoms with Crippen molar-refractivity contribution in [3.63, 3.8) is 0 Å². The molecule has 1 aliphatic rings. The van der Waals surface area contributed by atoms with Gasteiger partial charge in [0.1, 0.15) is 13.2 Å². The van der Waals surface area contributed by atoms with Gasteiger partial charge >= 0.3 is 5.97 Å². The van der Waals surface area contributed by atoms with Gasteiger partial charge in [0.05, 0.1) is 5.56 Å². The number of carbonyl (C=O) groups excluding carboxylic acids is 2. The molecule has 2 aromatic rings. The van der Waals surface area contributed by atoms with Crippen molar-refractivity contribution in [3.05, 3.63) is 59.7 Å². The molecule has 0 saturated heterocycles. The van der Waals surface area contributed by atoms with Gasteiger partial charge in [-0.3, -0.25) is 4.79 Å². The first-order chi connectivity index (χ1) is 10.7. The zero-order chi connectivity index (χ0) is 15.4. The molecule has 0 N–H and O–H groups in total. The number of hydrogen-bond acceptors (Lipinski definition) is 5. The fourth-order valence-corrected chi connectivity index (χ4v) is 2.09. The maximum atomic E-state index is 12.0. The number of rotatable bonds is 4. The van der Waals surface area contributed by atoms with Crippen LogP contribution < -0.4 is 9.47 Å². The van der Waals surface area contributed by atoms with E-state index in [-0.39, 0.29) is 12.4 Å². The van der Waals surface area contributed by atoms with E-state index in [2.05, 4.69) is 0 Å². The summed E-state index contributed by atoms with van der Waals surface area (Å²) in [5.74, 6) is 0.297. The second kappa shape index (κ2) is 6.30. The summed E-state index contributed by atoms with van der Waals surface area (Å²) in [6.07, 6.45) is 0. The van der Waals surface area contributed by atoms with Gasteiger partial charge in [-0.25, -0.2) is 4.79 Å². The molecule has 0 atom stereocenters. The number of Topliss-reactive ketones (excluding diaryl/α,β-unsaturated/α-hetero) is 1. The molecule has 112 valence electrons. The van der Waals surface area contributed by atoms with Crippen LogP contribution in [0.4, 0.5) is 0 Å². The average Bonchev–Trinajstić information content (AvgIpc) is 2.59. The van der Waals surface area contributed by atoms with E-state index in [1.807, 2.05) is 6.07 Å². The molecule has 0 saturated carbocycles. The Morgan fingerprint density at radius 1 is 0.909 bits per heavy atom. The van der Waals surface area contributed by atoms with Gasteiger partial charge in [-0.1, -0.05) is 30.3 Å². The third kappa shape index (κ3) is 3.09. The lowest BCUT2D eigenvalue weighted by Gasteiger charge is -2.18. The summed E-state index contributed by atoms with van der Waals surface area (Å²) in [4.78, 5) is 23.9. The molecule has 0 radical (unpaired) electrons. The van der Waals surface area contributed by atoms with Crippen molar-refractivity contribution in [3.8, 4) is 11.5 Å². The maximum Gasteiger partial charge on any atom is 0.338 e. The lowest BCUT2D eigenvalue weighted by Crippen LogP contribution is -2.17. The van der Waals surface area contributed by atoms with Crippen molar-refractivity contribution < 1.29 is 23.8 Å². The summed E-state index contributed by atoms with van der Waals surface area (Å²) in [6, 6.07) is 13.5. The Morgan fingerprint density at radius 3 is 2.41 bits per heavy atom. The van der Waals surface area contributed by atoms with Gasteiger partial charge in [0.2, 0.25) is 0 Å². The highest BCUT2D eigenvalue weighted by molar-refractivity contribution is 5.99. The summed E-state index contributed by atoms with van der Waals surface area (Å²) in [7, 11) is 0. The largest absolute Gasteiger partial charge is 0.486 e.